The van der Waals surface area contributed by atoms with Crippen molar-refractivity contribution in [2.75, 3.05) is 0 Å². The van der Waals surface area contributed by atoms with Gasteiger partial charge in [0.1, 0.15) is 0 Å². The van der Waals surface area contributed by atoms with Crippen molar-refractivity contribution in [2.24, 2.45) is 0 Å². The number of rotatable bonds is 6. The first-order chi connectivity index (χ1) is 20.1. The Balaban J connectivity index is 2.83. The second-order valence-electron chi connectivity index (χ2n) is 18.7. The van der Waals surface area contributed by atoms with Crippen molar-refractivity contribution in [1.82, 2.24) is 29.3 Å². The van der Waals surface area contributed by atoms with Crippen LogP contribution in [-0.4, -0.2) is 29.3 Å². The second kappa shape index (κ2) is 11.7. The summed E-state index contributed by atoms with van der Waals surface area (Å²) in [5.41, 5.74) is 5.50. The van der Waals surface area contributed by atoms with Gasteiger partial charge >= 0.3 is 282 Å². The average Bonchev–Trinajstić information content (AvgIpc) is 3.57. The van der Waals surface area contributed by atoms with Gasteiger partial charge in [0.05, 0.1) is 0 Å². The Bertz CT molecular complexity index is 1360. The molecular formula is C38H62MnN6. The normalized spacial score (nSPS) is 14.5. The maximum absolute atomic E-state index is 5.58. The molecule has 0 amide bonds. The van der Waals surface area contributed by atoms with Crippen molar-refractivity contribution in [3.05, 3.63) is 76.1 Å². The molecule has 3 aromatic heterocycles. The molecule has 0 radical (unpaired) electrons. The molecule has 0 aliphatic carbocycles. The maximum atomic E-state index is 5.58. The molecule has 0 saturated heterocycles. The van der Waals surface area contributed by atoms with Crippen LogP contribution in [0.15, 0.2) is 41.9 Å². The van der Waals surface area contributed by atoms with E-state index in [1.165, 1.54) is 0 Å². The van der Waals surface area contributed by atoms with Gasteiger partial charge in [0.25, 0.3) is 0 Å². The van der Waals surface area contributed by atoms with Gasteiger partial charge in [-0.1, -0.05) is 0 Å². The summed E-state index contributed by atoms with van der Waals surface area (Å²) < 4.78 is 5.90. The Labute approximate surface area is 281 Å². The summed E-state index contributed by atoms with van der Waals surface area (Å²) in [4.78, 5) is 2.23. The molecule has 3 aromatic rings. The molecule has 0 aliphatic heterocycles. The van der Waals surface area contributed by atoms with E-state index in [4.69, 9.17) is 15.3 Å². The molecule has 251 valence electrons. The Morgan fingerprint density at radius 3 is 0.956 bits per heavy atom. The van der Waals surface area contributed by atoms with Crippen molar-refractivity contribution < 1.29 is 15.0 Å². The quantitative estimate of drug-likeness (QED) is 0.196. The van der Waals surface area contributed by atoms with Gasteiger partial charge in [0, 0.05) is 0 Å². The van der Waals surface area contributed by atoms with Crippen LogP contribution in [0.2, 0.25) is 0 Å². The van der Waals surface area contributed by atoms with Crippen LogP contribution in [0.4, 0.5) is 0 Å². The van der Waals surface area contributed by atoms with Gasteiger partial charge in [0.15, 0.2) is 0 Å². The molecule has 7 heteroatoms. The molecule has 0 spiro atoms. The van der Waals surface area contributed by atoms with E-state index in [2.05, 4.69) is 175 Å². The van der Waals surface area contributed by atoms with Crippen LogP contribution in [0.1, 0.15) is 159 Å². The van der Waals surface area contributed by atoms with E-state index < -0.39 is 4.69 Å². The summed E-state index contributed by atoms with van der Waals surface area (Å²) in [5.74, 6) is 0. The molecule has 45 heavy (non-hydrogen) atoms. The van der Waals surface area contributed by atoms with Gasteiger partial charge in [-0.05, 0) is 0 Å². The fourth-order valence-electron chi connectivity index (χ4n) is 5.08. The minimum atomic E-state index is -0.951. The van der Waals surface area contributed by atoms with Crippen LogP contribution in [-0.2, 0) is 52.1 Å². The second-order valence-corrected chi connectivity index (χ2v) is 20.2. The predicted octanol–water partition coefficient (Wildman–Crippen LogP) is 9.51. The summed E-state index contributed by atoms with van der Waals surface area (Å²) in [7, 11) is 0. The molecular weight excluding hydrogens is 595 g/mol. The fourth-order valence-corrected chi connectivity index (χ4v) is 6.65. The first-order valence-electron chi connectivity index (χ1n) is 16.3. The van der Waals surface area contributed by atoms with Crippen molar-refractivity contribution in [3.63, 3.8) is 0 Å². The third-order valence-electron chi connectivity index (χ3n) is 7.97. The molecule has 3 heterocycles. The van der Waals surface area contributed by atoms with Gasteiger partial charge < -0.3 is 0 Å². The molecule has 0 aliphatic rings. The van der Waals surface area contributed by atoms with Crippen molar-refractivity contribution in [1.29, 1.82) is 0 Å². The first-order valence-corrected chi connectivity index (χ1v) is 17.6. The molecule has 0 unspecified atom stereocenters. The van der Waals surface area contributed by atoms with E-state index in [0.717, 1.165) is 34.2 Å². The molecule has 0 fully saturated rings. The number of hydrogen-bond donors (Lipinski definition) is 0. The van der Waals surface area contributed by atoms with E-state index in [-0.39, 0.29) is 47.4 Å². The molecule has 0 N–H and O–H groups in total. The molecule has 0 saturated carbocycles. The minimum absolute atomic E-state index is 0.153. The zero-order valence-corrected chi connectivity index (χ0v) is 32.9. The van der Waals surface area contributed by atoms with Crippen molar-refractivity contribution in [2.45, 2.75) is 162 Å². The number of aromatic nitrogens is 6. The van der Waals surface area contributed by atoms with Crippen LogP contribution in [0.5, 0.6) is 0 Å². The van der Waals surface area contributed by atoms with Crippen LogP contribution in [0, 0.1) is 0 Å². The van der Waals surface area contributed by atoms with Crippen LogP contribution < -0.4 is 0 Å². The van der Waals surface area contributed by atoms with E-state index in [0.29, 0.717) is 0 Å². The molecule has 0 aromatic carbocycles. The standard InChI is InChI=1S/C34H57N6.C4H5.Mn/c1-29(2,3)22-19-25(32(10,11)12)38(35-22)28(39-26(33(13,14)15)20-23(36-39)30(4,5)6)40-27(34(16,17)18)21-24(37-40)31(7,8)9;1-3-4-2;/h19-21H,1-18H3;1,3-4H,2H2;. The van der Waals surface area contributed by atoms with Crippen LogP contribution >= 0.6 is 0 Å². The van der Waals surface area contributed by atoms with E-state index in [9.17, 15) is 0 Å². The van der Waals surface area contributed by atoms with E-state index in [1.54, 1.807) is 0 Å². The Morgan fingerprint density at radius 2 is 0.756 bits per heavy atom. The first kappa shape index (κ1) is 37.1. The molecule has 0 bridgehead atoms. The predicted molar refractivity (Wildman–Crippen MR) is 187 cm³/mol. The van der Waals surface area contributed by atoms with Gasteiger partial charge in [-0.3, -0.25) is 0 Å². The van der Waals surface area contributed by atoms with Crippen LogP contribution in [0.25, 0.3) is 0 Å². The Kier molecular flexibility index (Phi) is 9.65. The monoisotopic (exact) mass is 657 g/mol. The third-order valence-corrected chi connectivity index (χ3v) is 9.60. The molecule has 6 nitrogen and oxygen atoms in total. The summed E-state index contributed by atoms with van der Waals surface area (Å²) in [6.45, 7) is 44.7. The summed E-state index contributed by atoms with van der Waals surface area (Å²) in [6.07, 6.45) is 3.91. The number of hydrogen-bond acceptors (Lipinski definition) is 3. The van der Waals surface area contributed by atoms with E-state index in [1.807, 2.05) is 6.08 Å². The summed E-state index contributed by atoms with van der Waals surface area (Å²) in [6, 6.07) is 6.94. The van der Waals surface area contributed by atoms with Gasteiger partial charge in [0.2, 0.25) is 0 Å². The topological polar surface area (TPSA) is 53.5 Å². The van der Waals surface area contributed by atoms with Gasteiger partial charge in [-0.15, -0.1) is 0 Å². The fraction of sp³-hybridized carbons (Fsp3) is 0.658. The zero-order valence-electron chi connectivity index (χ0n) is 31.7. The van der Waals surface area contributed by atoms with Gasteiger partial charge in [-0.25, -0.2) is 0 Å². The van der Waals surface area contributed by atoms with Crippen molar-refractivity contribution in [3.8, 4) is 0 Å². The average molecular weight is 658 g/mol. The SMILES string of the molecule is C=CC=[CH][Mn][C](n1nc(C(C)(C)C)cc1C(C)(C)C)(n1nc(C(C)(C)C)cc1C(C)(C)C)n1nc(C(C)(C)C)cc1C(C)(C)C. The Hall–Kier alpha value is -2.37. The molecule has 0 atom stereocenters. The van der Waals surface area contributed by atoms with Crippen LogP contribution in [0.3, 0.4) is 0 Å². The Morgan fingerprint density at radius 1 is 0.489 bits per heavy atom. The van der Waals surface area contributed by atoms with E-state index >= 15 is 0 Å². The summed E-state index contributed by atoms with van der Waals surface area (Å²) in [5, 5.41) is 16.8. The number of nitrogens with zero attached hydrogens (tertiary/aromatic N) is 6. The van der Waals surface area contributed by atoms with Gasteiger partial charge in [-0.2, -0.15) is 0 Å². The summed E-state index contributed by atoms with van der Waals surface area (Å²) >= 11 is 0.153. The third kappa shape index (κ3) is 7.46. The zero-order chi connectivity index (χ0) is 34.8. The number of allylic oxidation sites excluding steroid dienone is 2. The molecule has 3 rings (SSSR count). The van der Waals surface area contributed by atoms with Crippen molar-refractivity contribution >= 4 is 0 Å².